The molecule has 0 bridgehead atoms. The van der Waals surface area contributed by atoms with Crippen molar-refractivity contribution in [3.05, 3.63) is 42.2 Å². The number of methoxy groups -OCH3 is 1. The van der Waals surface area contributed by atoms with E-state index < -0.39 is 0 Å². The first-order valence-electron chi connectivity index (χ1n) is 7.48. The molecule has 124 valence electrons. The number of halogens is 1. The van der Waals surface area contributed by atoms with Crippen molar-refractivity contribution in [1.29, 1.82) is 0 Å². The molecule has 1 aliphatic rings. The van der Waals surface area contributed by atoms with E-state index in [2.05, 4.69) is 15.7 Å². The normalized spacial score (nSPS) is 17.2. The Balaban J connectivity index is 0.00000192. The first kappa shape index (κ1) is 17.3. The SMILES string of the molecule is COc1ccc(-n2ccc(C(=O)NC3CCCNC3)n2)cc1.Cl. The minimum absolute atomic E-state index is 0. The smallest absolute Gasteiger partial charge is 0.272 e. The Morgan fingerprint density at radius 1 is 1.35 bits per heavy atom. The van der Waals surface area contributed by atoms with Crippen LogP contribution in [-0.2, 0) is 0 Å². The van der Waals surface area contributed by atoms with Gasteiger partial charge in [0.2, 0.25) is 0 Å². The van der Waals surface area contributed by atoms with Crippen LogP contribution in [0.15, 0.2) is 36.5 Å². The number of benzene rings is 1. The van der Waals surface area contributed by atoms with Crippen LogP contribution < -0.4 is 15.4 Å². The number of carbonyl (C=O) groups is 1. The van der Waals surface area contributed by atoms with Crippen LogP contribution >= 0.6 is 12.4 Å². The quantitative estimate of drug-likeness (QED) is 0.893. The summed E-state index contributed by atoms with van der Waals surface area (Å²) < 4.78 is 6.82. The van der Waals surface area contributed by atoms with E-state index in [1.807, 2.05) is 24.3 Å². The molecule has 1 aliphatic heterocycles. The van der Waals surface area contributed by atoms with Crippen molar-refractivity contribution in [1.82, 2.24) is 20.4 Å². The minimum Gasteiger partial charge on any atom is -0.497 e. The molecule has 2 aromatic rings. The second-order valence-corrected chi connectivity index (χ2v) is 5.36. The summed E-state index contributed by atoms with van der Waals surface area (Å²) in [7, 11) is 1.63. The number of ether oxygens (including phenoxy) is 1. The van der Waals surface area contributed by atoms with Gasteiger partial charge in [0.25, 0.3) is 5.91 Å². The molecular formula is C16H21ClN4O2. The van der Waals surface area contributed by atoms with Gasteiger partial charge in [-0.15, -0.1) is 12.4 Å². The molecule has 3 rings (SSSR count). The lowest BCUT2D eigenvalue weighted by atomic mass is 10.1. The molecule has 1 aromatic carbocycles. The number of hydrogen-bond acceptors (Lipinski definition) is 4. The number of piperidine rings is 1. The summed E-state index contributed by atoms with van der Waals surface area (Å²) >= 11 is 0. The Hall–Kier alpha value is -2.05. The first-order valence-corrected chi connectivity index (χ1v) is 7.48. The fourth-order valence-corrected chi connectivity index (χ4v) is 2.56. The molecular weight excluding hydrogens is 316 g/mol. The molecule has 1 aromatic heterocycles. The molecule has 6 nitrogen and oxygen atoms in total. The van der Waals surface area contributed by atoms with Crippen LogP contribution in [0.3, 0.4) is 0 Å². The van der Waals surface area contributed by atoms with Crippen LogP contribution in [0, 0.1) is 0 Å². The molecule has 2 heterocycles. The number of nitrogens with zero attached hydrogens (tertiary/aromatic N) is 2. The maximum atomic E-state index is 12.2. The van der Waals surface area contributed by atoms with Crippen LogP contribution in [-0.4, -0.2) is 41.9 Å². The zero-order valence-corrected chi connectivity index (χ0v) is 13.8. The Bertz CT molecular complexity index is 636. The monoisotopic (exact) mass is 336 g/mol. The lowest BCUT2D eigenvalue weighted by molar-refractivity contribution is 0.0925. The van der Waals surface area contributed by atoms with Crippen LogP contribution in [0.2, 0.25) is 0 Å². The molecule has 0 saturated carbocycles. The van der Waals surface area contributed by atoms with Gasteiger partial charge in [-0.05, 0) is 49.7 Å². The molecule has 0 spiro atoms. The molecule has 0 radical (unpaired) electrons. The lowest BCUT2D eigenvalue weighted by Crippen LogP contribution is -2.45. The molecule has 1 amide bonds. The van der Waals surface area contributed by atoms with Crippen LogP contribution in [0.5, 0.6) is 5.75 Å². The van der Waals surface area contributed by atoms with Gasteiger partial charge in [0.15, 0.2) is 5.69 Å². The standard InChI is InChI=1S/C16H20N4O2.ClH/c1-22-14-6-4-13(5-7-14)20-10-8-15(19-20)16(21)18-12-3-2-9-17-11-12;/h4-8,10,12,17H,2-3,9,11H2,1H3,(H,18,21);1H. The van der Waals surface area contributed by atoms with Crippen molar-refractivity contribution >= 4 is 18.3 Å². The highest BCUT2D eigenvalue weighted by Gasteiger charge is 2.17. The van der Waals surface area contributed by atoms with Crippen molar-refractivity contribution in [2.24, 2.45) is 0 Å². The van der Waals surface area contributed by atoms with E-state index in [1.54, 1.807) is 24.1 Å². The van der Waals surface area contributed by atoms with Crippen molar-refractivity contribution in [3.63, 3.8) is 0 Å². The minimum atomic E-state index is -0.124. The fourth-order valence-electron chi connectivity index (χ4n) is 2.56. The van der Waals surface area contributed by atoms with Gasteiger partial charge in [-0.25, -0.2) is 4.68 Å². The van der Waals surface area contributed by atoms with E-state index in [-0.39, 0.29) is 24.4 Å². The van der Waals surface area contributed by atoms with Gasteiger partial charge in [-0.2, -0.15) is 5.10 Å². The second kappa shape index (κ2) is 7.99. The first-order chi connectivity index (χ1) is 10.8. The molecule has 1 saturated heterocycles. The molecule has 1 fully saturated rings. The predicted molar refractivity (Wildman–Crippen MR) is 90.7 cm³/mol. The van der Waals surface area contributed by atoms with Gasteiger partial charge in [0.05, 0.1) is 12.8 Å². The van der Waals surface area contributed by atoms with Crippen molar-refractivity contribution in [3.8, 4) is 11.4 Å². The third-order valence-electron chi connectivity index (χ3n) is 3.79. The lowest BCUT2D eigenvalue weighted by Gasteiger charge is -2.23. The van der Waals surface area contributed by atoms with Gasteiger partial charge < -0.3 is 15.4 Å². The van der Waals surface area contributed by atoms with Gasteiger partial charge in [0.1, 0.15) is 5.75 Å². The summed E-state index contributed by atoms with van der Waals surface area (Å²) in [6, 6.07) is 9.45. The largest absolute Gasteiger partial charge is 0.497 e. The third-order valence-corrected chi connectivity index (χ3v) is 3.79. The van der Waals surface area contributed by atoms with Gasteiger partial charge in [-0.3, -0.25) is 4.79 Å². The molecule has 23 heavy (non-hydrogen) atoms. The average Bonchev–Trinajstić information content (AvgIpc) is 3.06. The van der Waals surface area contributed by atoms with Gasteiger partial charge in [0, 0.05) is 18.8 Å². The Labute approximate surface area is 141 Å². The fraction of sp³-hybridized carbons (Fsp3) is 0.375. The average molecular weight is 337 g/mol. The second-order valence-electron chi connectivity index (χ2n) is 5.36. The molecule has 2 N–H and O–H groups in total. The van der Waals surface area contributed by atoms with Crippen molar-refractivity contribution in [2.75, 3.05) is 20.2 Å². The summed E-state index contributed by atoms with van der Waals surface area (Å²) in [6.45, 7) is 1.85. The van der Waals surface area contributed by atoms with Crippen molar-refractivity contribution < 1.29 is 9.53 Å². The van der Waals surface area contributed by atoms with Crippen molar-refractivity contribution in [2.45, 2.75) is 18.9 Å². The van der Waals surface area contributed by atoms with E-state index in [9.17, 15) is 4.79 Å². The maximum Gasteiger partial charge on any atom is 0.272 e. The topological polar surface area (TPSA) is 68.2 Å². The van der Waals surface area contributed by atoms with E-state index in [0.29, 0.717) is 5.69 Å². The molecule has 1 atom stereocenters. The zero-order valence-electron chi connectivity index (χ0n) is 13.0. The summed E-state index contributed by atoms with van der Waals surface area (Å²) in [5.41, 5.74) is 1.32. The highest BCUT2D eigenvalue weighted by atomic mass is 35.5. The predicted octanol–water partition coefficient (Wildman–Crippen LogP) is 1.78. The third kappa shape index (κ3) is 4.24. The number of carbonyl (C=O) groups excluding carboxylic acids is 1. The van der Waals surface area contributed by atoms with E-state index in [4.69, 9.17) is 4.74 Å². The molecule has 0 aliphatic carbocycles. The van der Waals surface area contributed by atoms with E-state index >= 15 is 0 Å². The van der Waals surface area contributed by atoms with Gasteiger partial charge in [-0.1, -0.05) is 0 Å². The number of hydrogen-bond donors (Lipinski definition) is 2. The number of nitrogens with one attached hydrogen (secondary N) is 2. The Kier molecular flexibility index (Phi) is 6.01. The van der Waals surface area contributed by atoms with Crippen LogP contribution in [0.4, 0.5) is 0 Å². The summed E-state index contributed by atoms with van der Waals surface area (Å²) in [6.07, 6.45) is 3.89. The summed E-state index contributed by atoms with van der Waals surface area (Å²) in [4.78, 5) is 12.2. The maximum absolute atomic E-state index is 12.2. The van der Waals surface area contributed by atoms with Crippen LogP contribution in [0.1, 0.15) is 23.3 Å². The number of rotatable bonds is 4. The van der Waals surface area contributed by atoms with E-state index in [0.717, 1.165) is 37.4 Å². The summed E-state index contributed by atoms with van der Waals surface area (Å²) in [5.74, 6) is 0.666. The highest BCUT2D eigenvalue weighted by Crippen LogP contribution is 2.14. The molecule has 1 unspecified atom stereocenters. The Morgan fingerprint density at radius 2 is 2.13 bits per heavy atom. The molecule has 7 heteroatoms. The van der Waals surface area contributed by atoms with Gasteiger partial charge >= 0.3 is 0 Å². The number of aromatic nitrogens is 2. The number of amides is 1. The summed E-state index contributed by atoms with van der Waals surface area (Å²) in [5, 5.41) is 10.6. The Morgan fingerprint density at radius 3 is 2.78 bits per heavy atom. The van der Waals surface area contributed by atoms with Crippen LogP contribution in [0.25, 0.3) is 5.69 Å². The zero-order chi connectivity index (χ0) is 15.4. The van der Waals surface area contributed by atoms with E-state index in [1.165, 1.54) is 0 Å². The highest BCUT2D eigenvalue weighted by molar-refractivity contribution is 5.92.